The molecule has 0 heterocycles. The Labute approximate surface area is 152 Å². The van der Waals surface area contributed by atoms with Gasteiger partial charge in [-0.3, -0.25) is 14.9 Å². The number of hydrogen-bond donors (Lipinski definition) is 2. The highest BCUT2D eigenvalue weighted by Gasteiger charge is 2.20. The molecule has 26 heavy (non-hydrogen) atoms. The summed E-state index contributed by atoms with van der Waals surface area (Å²) in [6.45, 7) is 3.67. The Morgan fingerprint density at radius 2 is 1.62 bits per heavy atom. The van der Waals surface area contributed by atoms with Gasteiger partial charge in [-0.2, -0.15) is 0 Å². The van der Waals surface area contributed by atoms with Crippen molar-refractivity contribution in [3.8, 4) is 0 Å². The van der Waals surface area contributed by atoms with Crippen LogP contribution in [0.2, 0.25) is 0 Å². The maximum Gasteiger partial charge on any atom is 0.321 e. The van der Waals surface area contributed by atoms with Crippen LogP contribution in [0.3, 0.4) is 0 Å². The van der Waals surface area contributed by atoms with E-state index in [1.807, 2.05) is 61.5 Å². The fraction of sp³-hybridized carbons (Fsp3) is 0.250. The Hall–Kier alpha value is -3.15. The molecule has 0 unspecified atom stereocenters. The van der Waals surface area contributed by atoms with E-state index < -0.39 is 24.0 Å². The van der Waals surface area contributed by atoms with Crippen molar-refractivity contribution in [2.24, 2.45) is 0 Å². The summed E-state index contributed by atoms with van der Waals surface area (Å²) >= 11 is 0. The Morgan fingerprint density at radius 1 is 0.962 bits per heavy atom. The lowest BCUT2D eigenvalue weighted by atomic mass is 10.1. The number of carbonyl (C=O) groups is 3. The Bertz CT molecular complexity index is 757. The topological polar surface area (TPSA) is 84.5 Å². The molecule has 6 nitrogen and oxygen atoms in total. The normalized spacial score (nSPS) is 11.3. The average molecular weight is 354 g/mol. The monoisotopic (exact) mass is 354 g/mol. The lowest BCUT2D eigenvalue weighted by molar-refractivity contribution is -0.153. The third kappa shape index (κ3) is 6.39. The Balaban J connectivity index is 1.74. The van der Waals surface area contributed by atoms with E-state index in [9.17, 15) is 14.4 Å². The minimum Gasteiger partial charge on any atom is -0.452 e. The maximum atomic E-state index is 11.9. The number of esters is 1. The number of rotatable bonds is 6. The first-order valence-electron chi connectivity index (χ1n) is 8.31. The molecule has 0 fully saturated rings. The van der Waals surface area contributed by atoms with E-state index in [0.717, 1.165) is 16.7 Å². The fourth-order valence-corrected chi connectivity index (χ4v) is 2.20. The number of benzene rings is 2. The number of imide groups is 1. The van der Waals surface area contributed by atoms with Gasteiger partial charge in [0.1, 0.15) is 0 Å². The SMILES string of the molecule is Cc1ccc(CC(=O)O[C@@H](C)C(=O)NC(=O)NCc2ccccc2)cc1. The van der Waals surface area contributed by atoms with Gasteiger partial charge in [0, 0.05) is 6.54 Å². The first-order valence-corrected chi connectivity index (χ1v) is 8.31. The van der Waals surface area contributed by atoms with Crippen LogP contribution in [0, 0.1) is 6.92 Å². The van der Waals surface area contributed by atoms with Gasteiger partial charge in [0.15, 0.2) is 6.10 Å². The highest BCUT2D eigenvalue weighted by atomic mass is 16.5. The number of urea groups is 1. The van der Waals surface area contributed by atoms with Gasteiger partial charge in [-0.1, -0.05) is 60.2 Å². The molecule has 3 amide bonds. The largest absolute Gasteiger partial charge is 0.452 e. The first kappa shape index (κ1) is 19.2. The van der Waals surface area contributed by atoms with Gasteiger partial charge in [0.05, 0.1) is 6.42 Å². The molecule has 0 aromatic heterocycles. The fourth-order valence-electron chi connectivity index (χ4n) is 2.20. The van der Waals surface area contributed by atoms with Crippen molar-refractivity contribution in [1.29, 1.82) is 0 Å². The molecule has 6 heteroatoms. The van der Waals surface area contributed by atoms with E-state index in [2.05, 4.69) is 10.6 Å². The summed E-state index contributed by atoms with van der Waals surface area (Å²) in [5.74, 6) is -1.20. The van der Waals surface area contributed by atoms with E-state index >= 15 is 0 Å². The maximum absolute atomic E-state index is 11.9. The van der Waals surface area contributed by atoms with Gasteiger partial charge in [-0.15, -0.1) is 0 Å². The summed E-state index contributed by atoms with van der Waals surface area (Å²) in [6, 6.07) is 16.1. The van der Waals surface area contributed by atoms with Gasteiger partial charge >= 0.3 is 12.0 Å². The molecular weight excluding hydrogens is 332 g/mol. The molecule has 0 aliphatic heterocycles. The van der Waals surface area contributed by atoms with Crippen LogP contribution in [0.5, 0.6) is 0 Å². The van der Waals surface area contributed by atoms with Crippen molar-refractivity contribution < 1.29 is 19.1 Å². The molecule has 0 bridgehead atoms. The average Bonchev–Trinajstić information content (AvgIpc) is 2.62. The van der Waals surface area contributed by atoms with Crippen LogP contribution < -0.4 is 10.6 Å². The second-order valence-corrected chi connectivity index (χ2v) is 5.95. The molecule has 2 rings (SSSR count). The van der Waals surface area contributed by atoms with Crippen LogP contribution in [0.1, 0.15) is 23.6 Å². The van der Waals surface area contributed by atoms with Crippen molar-refractivity contribution >= 4 is 17.9 Å². The summed E-state index contributed by atoms with van der Waals surface area (Å²) in [6.07, 6.45) is -0.992. The lowest BCUT2D eigenvalue weighted by Crippen LogP contribution is -2.44. The van der Waals surface area contributed by atoms with Crippen LogP contribution in [0.25, 0.3) is 0 Å². The van der Waals surface area contributed by atoms with E-state index in [-0.39, 0.29) is 6.42 Å². The predicted octanol–water partition coefficient (Wildman–Crippen LogP) is 2.50. The molecule has 0 radical (unpaired) electrons. The van der Waals surface area contributed by atoms with Crippen LogP contribution in [0.4, 0.5) is 4.79 Å². The molecule has 136 valence electrons. The first-order chi connectivity index (χ1) is 12.4. The minimum atomic E-state index is -1.06. The molecule has 2 aromatic carbocycles. The second-order valence-electron chi connectivity index (χ2n) is 5.95. The highest BCUT2D eigenvalue weighted by molar-refractivity contribution is 5.97. The molecule has 2 N–H and O–H groups in total. The van der Waals surface area contributed by atoms with E-state index in [1.165, 1.54) is 6.92 Å². The molecular formula is C20H22N2O4. The van der Waals surface area contributed by atoms with E-state index in [0.29, 0.717) is 6.54 Å². The quantitative estimate of drug-likeness (QED) is 0.781. The van der Waals surface area contributed by atoms with Crippen LogP contribution >= 0.6 is 0 Å². The van der Waals surface area contributed by atoms with E-state index in [4.69, 9.17) is 4.74 Å². The van der Waals surface area contributed by atoms with Crippen LogP contribution in [0.15, 0.2) is 54.6 Å². The molecule has 0 saturated heterocycles. The summed E-state index contributed by atoms with van der Waals surface area (Å²) in [5, 5.41) is 4.73. The molecule has 0 aliphatic rings. The number of nitrogens with one attached hydrogen (secondary N) is 2. The summed E-state index contributed by atoms with van der Waals surface area (Å²) < 4.78 is 5.08. The zero-order chi connectivity index (χ0) is 18.9. The predicted molar refractivity (Wildman–Crippen MR) is 97.3 cm³/mol. The van der Waals surface area contributed by atoms with Crippen molar-refractivity contribution in [2.75, 3.05) is 0 Å². The number of carbonyl (C=O) groups excluding carboxylic acids is 3. The third-order valence-corrected chi connectivity index (χ3v) is 3.68. The number of hydrogen-bond acceptors (Lipinski definition) is 4. The van der Waals surface area contributed by atoms with Crippen molar-refractivity contribution in [2.45, 2.75) is 32.9 Å². The summed E-state index contributed by atoms with van der Waals surface area (Å²) in [5.41, 5.74) is 2.80. The van der Waals surface area contributed by atoms with Crippen molar-refractivity contribution in [3.63, 3.8) is 0 Å². The van der Waals surface area contributed by atoms with Gasteiger partial charge in [0.25, 0.3) is 5.91 Å². The molecule has 0 saturated carbocycles. The van der Waals surface area contributed by atoms with Gasteiger partial charge < -0.3 is 10.1 Å². The van der Waals surface area contributed by atoms with Gasteiger partial charge in [0.2, 0.25) is 0 Å². The smallest absolute Gasteiger partial charge is 0.321 e. The van der Waals surface area contributed by atoms with Crippen molar-refractivity contribution in [3.05, 3.63) is 71.3 Å². The molecule has 0 aliphatic carbocycles. The number of ether oxygens (including phenoxy) is 1. The standard InChI is InChI=1S/C20H22N2O4/c1-14-8-10-16(11-9-14)12-18(23)26-15(2)19(24)22-20(25)21-13-17-6-4-3-5-7-17/h3-11,15H,12-13H2,1-2H3,(H2,21,22,24,25)/t15-/m0/s1. The highest BCUT2D eigenvalue weighted by Crippen LogP contribution is 2.06. The Kier molecular flexibility index (Phi) is 6.91. The van der Waals surface area contributed by atoms with Crippen LogP contribution in [-0.4, -0.2) is 24.0 Å². The zero-order valence-electron chi connectivity index (χ0n) is 14.8. The van der Waals surface area contributed by atoms with Gasteiger partial charge in [-0.25, -0.2) is 4.79 Å². The minimum absolute atomic E-state index is 0.0676. The summed E-state index contributed by atoms with van der Waals surface area (Å²) in [7, 11) is 0. The second kappa shape index (κ2) is 9.36. The van der Waals surface area contributed by atoms with Crippen LogP contribution in [-0.2, 0) is 27.3 Å². The zero-order valence-corrected chi connectivity index (χ0v) is 14.8. The molecule has 1 atom stereocenters. The molecule has 0 spiro atoms. The Morgan fingerprint density at radius 3 is 2.27 bits per heavy atom. The number of amides is 3. The molecule has 2 aromatic rings. The van der Waals surface area contributed by atoms with E-state index in [1.54, 1.807) is 0 Å². The number of aryl methyl sites for hydroxylation is 1. The lowest BCUT2D eigenvalue weighted by Gasteiger charge is -2.13. The van der Waals surface area contributed by atoms with Crippen molar-refractivity contribution in [1.82, 2.24) is 10.6 Å². The third-order valence-electron chi connectivity index (χ3n) is 3.68. The summed E-state index contributed by atoms with van der Waals surface area (Å²) in [4.78, 5) is 35.6. The van der Waals surface area contributed by atoms with Gasteiger partial charge in [-0.05, 0) is 25.0 Å².